The van der Waals surface area contributed by atoms with E-state index in [-0.39, 0.29) is 30.5 Å². The van der Waals surface area contributed by atoms with Crippen molar-refractivity contribution in [3.05, 3.63) is 0 Å². The zero-order valence-corrected chi connectivity index (χ0v) is 11.6. The summed E-state index contributed by atoms with van der Waals surface area (Å²) >= 11 is 0. The summed E-state index contributed by atoms with van der Waals surface area (Å²) < 4.78 is 5.50. The molecule has 0 saturated carbocycles. The minimum absolute atomic E-state index is 0.00294. The minimum Gasteiger partial charge on any atom is -0.481 e. The maximum atomic E-state index is 11.7. The molecule has 1 saturated heterocycles. The van der Waals surface area contributed by atoms with Crippen molar-refractivity contribution >= 4 is 12.0 Å². The number of hydrogen-bond acceptors (Lipinski definition) is 3. The van der Waals surface area contributed by atoms with E-state index in [1.807, 2.05) is 13.8 Å². The molecule has 1 aliphatic heterocycles. The van der Waals surface area contributed by atoms with Crippen molar-refractivity contribution in [2.24, 2.45) is 5.92 Å². The average Bonchev–Trinajstić information content (AvgIpc) is 2.87. The first-order chi connectivity index (χ1) is 8.99. The third-order valence-corrected chi connectivity index (χ3v) is 3.34. The standard InChI is InChI=1S/C13H24N2O4/c1-9(5-6-12(16)17)8-14-13(18)15-10(2)11-4-3-7-19-11/h9-11H,3-8H2,1-2H3,(H,16,17)(H2,14,15,18). The van der Waals surface area contributed by atoms with E-state index in [0.29, 0.717) is 13.0 Å². The predicted molar refractivity (Wildman–Crippen MR) is 71.0 cm³/mol. The normalized spacial score (nSPS) is 21.7. The molecular weight excluding hydrogens is 248 g/mol. The number of nitrogens with one attached hydrogen (secondary N) is 2. The molecule has 0 aliphatic carbocycles. The van der Waals surface area contributed by atoms with Crippen molar-refractivity contribution in [1.82, 2.24) is 10.6 Å². The van der Waals surface area contributed by atoms with E-state index >= 15 is 0 Å². The van der Waals surface area contributed by atoms with Crippen molar-refractivity contribution in [2.75, 3.05) is 13.2 Å². The molecule has 0 radical (unpaired) electrons. The van der Waals surface area contributed by atoms with Crippen molar-refractivity contribution in [1.29, 1.82) is 0 Å². The number of carboxylic acid groups (broad SMARTS) is 1. The first-order valence-corrected chi connectivity index (χ1v) is 6.86. The fourth-order valence-corrected chi connectivity index (χ4v) is 2.09. The number of carbonyl (C=O) groups excluding carboxylic acids is 1. The summed E-state index contributed by atoms with van der Waals surface area (Å²) in [5.41, 5.74) is 0. The zero-order valence-electron chi connectivity index (χ0n) is 11.6. The van der Waals surface area contributed by atoms with Gasteiger partial charge in [-0.15, -0.1) is 0 Å². The first kappa shape index (κ1) is 15.8. The Kier molecular flexibility index (Phi) is 6.62. The van der Waals surface area contributed by atoms with Gasteiger partial charge in [0.2, 0.25) is 0 Å². The number of rotatable bonds is 7. The number of carboxylic acids is 1. The van der Waals surface area contributed by atoms with Crippen LogP contribution in [0.4, 0.5) is 4.79 Å². The lowest BCUT2D eigenvalue weighted by Gasteiger charge is -2.21. The van der Waals surface area contributed by atoms with Gasteiger partial charge in [-0.25, -0.2) is 4.79 Å². The van der Waals surface area contributed by atoms with Gasteiger partial charge in [0.25, 0.3) is 0 Å². The molecule has 6 nitrogen and oxygen atoms in total. The summed E-state index contributed by atoms with van der Waals surface area (Å²) in [5, 5.41) is 14.2. The Balaban J connectivity index is 2.14. The molecule has 0 aromatic heterocycles. The Hall–Kier alpha value is -1.30. The van der Waals surface area contributed by atoms with E-state index in [1.165, 1.54) is 0 Å². The summed E-state index contributed by atoms with van der Waals surface area (Å²) in [6, 6.07) is -0.220. The SMILES string of the molecule is CC(CCC(=O)O)CNC(=O)NC(C)C1CCCO1. The Morgan fingerprint density at radius 2 is 2.16 bits per heavy atom. The van der Waals surface area contributed by atoms with Gasteiger partial charge in [-0.3, -0.25) is 4.79 Å². The zero-order chi connectivity index (χ0) is 14.3. The lowest BCUT2D eigenvalue weighted by Crippen LogP contribution is -2.46. The van der Waals surface area contributed by atoms with Gasteiger partial charge < -0.3 is 20.5 Å². The Morgan fingerprint density at radius 1 is 1.42 bits per heavy atom. The van der Waals surface area contributed by atoms with Crippen LogP contribution in [0.1, 0.15) is 39.5 Å². The molecule has 3 unspecified atom stereocenters. The molecule has 1 aliphatic rings. The van der Waals surface area contributed by atoms with Crippen molar-refractivity contribution in [3.63, 3.8) is 0 Å². The van der Waals surface area contributed by atoms with Crippen LogP contribution in [0.3, 0.4) is 0 Å². The van der Waals surface area contributed by atoms with Crippen LogP contribution in [0.5, 0.6) is 0 Å². The van der Waals surface area contributed by atoms with Crippen LogP contribution in [0.15, 0.2) is 0 Å². The van der Waals surface area contributed by atoms with Crippen LogP contribution in [0.2, 0.25) is 0 Å². The third kappa shape index (κ3) is 6.42. The number of hydrogen-bond donors (Lipinski definition) is 3. The fraction of sp³-hybridized carbons (Fsp3) is 0.846. The summed E-state index contributed by atoms with van der Waals surface area (Å²) in [6.45, 7) is 5.11. The highest BCUT2D eigenvalue weighted by Crippen LogP contribution is 2.15. The predicted octanol–water partition coefficient (Wildman–Crippen LogP) is 1.35. The largest absolute Gasteiger partial charge is 0.481 e. The minimum atomic E-state index is -0.802. The Morgan fingerprint density at radius 3 is 2.74 bits per heavy atom. The van der Waals surface area contributed by atoms with Crippen LogP contribution in [-0.4, -0.2) is 42.4 Å². The first-order valence-electron chi connectivity index (χ1n) is 6.86. The summed E-state index contributed by atoms with van der Waals surface area (Å²) in [5.74, 6) is -0.650. The number of amides is 2. The quantitative estimate of drug-likeness (QED) is 0.653. The molecule has 1 fully saturated rings. The third-order valence-electron chi connectivity index (χ3n) is 3.34. The molecule has 110 valence electrons. The highest BCUT2D eigenvalue weighted by molar-refractivity contribution is 5.74. The highest BCUT2D eigenvalue weighted by atomic mass is 16.5. The van der Waals surface area contributed by atoms with E-state index < -0.39 is 5.97 Å². The van der Waals surface area contributed by atoms with E-state index in [2.05, 4.69) is 10.6 Å². The lowest BCUT2D eigenvalue weighted by molar-refractivity contribution is -0.137. The fourth-order valence-electron chi connectivity index (χ4n) is 2.09. The molecule has 1 rings (SSSR count). The number of aliphatic carboxylic acids is 1. The van der Waals surface area contributed by atoms with Crippen LogP contribution in [-0.2, 0) is 9.53 Å². The van der Waals surface area contributed by atoms with Crippen LogP contribution in [0.25, 0.3) is 0 Å². The number of urea groups is 1. The smallest absolute Gasteiger partial charge is 0.315 e. The van der Waals surface area contributed by atoms with E-state index in [0.717, 1.165) is 19.4 Å². The maximum Gasteiger partial charge on any atom is 0.315 e. The Labute approximate surface area is 113 Å². The molecule has 3 atom stereocenters. The lowest BCUT2D eigenvalue weighted by atomic mass is 10.1. The van der Waals surface area contributed by atoms with Gasteiger partial charge in [-0.05, 0) is 32.1 Å². The van der Waals surface area contributed by atoms with E-state index in [1.54, 1.807) is 0 Å². The van der Waals surface area contributed by atoms with Gasteiger partial charge in [0.15, 0.2) is 0 Å². The van der Waals surface area contributed by atoms with Crippen molar-refractivity contribution in [3.8, 4) is 0 Å². The number of carbonyl (C=O) groups is 2. The molecule has 3 N–H and O–H groups in total. The molecule has 0 spiro atoms. The summed E-state index contributed by atoms with van der Waals surface area (Å²) in [7, 11) is 0. The van der Waals surface area contributed by atoms with Gasteiger partial charge in [0.1, 0.15) is 0 Å². The average molecular weight is 272 g/mol. The van der Waals surface area contributed by atoms with Gasteiger partial charge in [0.05, 0.1) is 12.1 Å². The molecule has 19 heavy (non-hydrogen) atoms. The molecular formula is C13H24N2O4. The van der Waals surface area contributed by atoms with Crippen molar-refractivity contribution in [2.45, 2.75) is 51.7 Å². The monoisotopic (exact) mass is 272 g/mol. The van der Waals surface area contributed by atoms with Crippen molar-refractivity contribution < 1.29 is 19.4 Å². The second kappa shape index (κ2) is 7.99. The molecule has 6 heteroatoms. The van der Waals surface area contributed by atoms with Crippen LogP contribution >= 0.6 is 0 Å². The van der Waals surface area contributed by atoms with E-state index in [4.69, 9.17) is 9.84 Å². The summed E-state index contributed by atoms with van der Waals surface area (Å²) in [4.78, 5) is 22.1. The molecule has 1 heterocycles. The molecule has 0 aromatic carbocycles. The maximum absolute atomic E-state index is 11.7. The molecule has 0 bridgehead atoms. The van der Waals surface area contributed by atoms with Crippen LogP contribution < -0.4 is 10.6 Å². The summed E-state index contributed by atoms with van der Waals surface area (Å²) in [6.07, 6.45) is 2.84. The van der Waals surface area contributed by atoms with Gasteiger partial charge >= 0.3 is 12.0 Å². The van der Waals surface area contributed by atoms with Gasteiger partial charge in [-0.1, -0.05) is 6.92 Å². The Bertz CT molecular complexity index is 303. The van der Waals surface area contributed by atoms with Crippen LogP contribution in [0, 0.1) is 5.92 Å². The van der Waals surface area contributed by atoms with Gasteiger partial charge in [-0.2, -0.15) is 0 Å². The van der Waals surface area contributed by atoms with Gasteiger partial charge in [0, 0.05) is 19.6 Å². The number of ether oxygens (including phenoxy) is 1. The molecule has 0 aromatic rings. The molecule has 2 amide bonds. The second-order valence-corrected chi connectivity index (χ2v) is 5.23. The topological polar surface area (TPSA) is 87.7 Å². The highest BCUT2D eigenvalue weighted by Gasteiger charge is 2.23. The second-order valence-electron chi connectivity index (χ2n) is 5.23. The van der Waals surface area contributed by atoms with E-state index in [9.17, 15) is 9.59 Å².